The van der Waals surface area contributed by atoms with Crippen LogP contribution in [0.25, 0.3) is 0 Å². The molecule has 0 spiro atoms. The Morgan fingerprint density at radius 1 is 1.29 bits per heavy atom. The molecule has 130 valence electrons. The lowest BCUT2D eigenvalue weighted by Gasteiger charge is -2.33. The van der Waals surface area contributed by atoms with Crippen molar-refractivity contribution in [2.45, 2.75) is 44.8 Å². The molecule has 0 N–H and O–H groups in total. The van der Waals surface area contributed by atoms with Crippen molar-refractivity contribution < 1.29 is 9.53 Å². The Kier molecular flexibility index (Phi) is 5.33. The van der Waals surface area contributed by atoms with Crippen LogP contribution in [0, 0.1) is 0 Å². The molecule has 0 aromatic heterocycles. The molecular weight excluding hydrogens is 322 g/mol. The van der Waals surface area contributed by atoms with Crippen LogP contribution in [0.3, 0.4) is 0 Å². The van der Waals surface area contributed by atoms with E-state index in [1.165, 1.54) is 25.7 Å². The maximum absolute atomic E-state index is 12.3. The number of amides is 1. The summed E-state index contributed by atoms with van der Waals surface area (Å²) in [5.41, 5.74) is 0.892. The van der Waals surface area contributed by atoms with Crippen molar-refractivity contribution in [1.82, 2.24) is 4.90 Å². The minimum absolute atomic E-state index is 0.000970. The van der Waals surface area contributed by atoms with E-state index in [1.54, 1.807) is 25.8 Å². The summed E-state index contributed by atoms with van der Waals surface area (Å²) in [7, 11) is 3.68. The zero-order valence-corrected chi connectivity index (χ0v) is 15.4. The molecular formula is C18H25N3O2S. The molecule has 5 nitrogen and oxygen atoms in total. The number of rotatable bonds is 4. The van der Waals surface area contributed by atoms with Gasteiger partial charge in [0.15, 0.2) is 5.17 Å². The number of methoxy groups -OCH3 is 1. The van der Waals surface area contributed by atoms with Crippen molar-refractivity contribution in [1.29, 1.82) is 0 Å². The lowest BCUT2D eigenvalue weighted by atomic mass is 10.2. The number of hydrogen-bond donors (Lipinski definition) is 0. The van der Waals surface area contributed by atoms with E-state index < -0.39 is 0 Å². The highest BCUT2D eigenvalue weighted by atomic mass is 32.2. The summed E-state index contributed by atoms with van der Waals surface area (Å²) in [6.07, 6.45) is 4.95. The number of hydrogen-bond acceptors (Lipinski definition) is 4. The fourth-order valence-electron chi connectivity index (χ4n) is 3.36. The van der Waals surface area contributed by atoms with Crippen LogP contribution in [0.15, 0.2) is 29.3 Å². The highest BCUT2D eigenvalue weighted by Crippen LogP contribution is 2.31. The van der Waals surface area contributed by atoms with Crippen LogP contribution in [0.4, 0.5) is 5.69 Å². The van der Waals surface area contributed by atoms with E-state index in [0.717, 1.165) is 22.4 Å². The first-order chi connectivity index (χ1) is 11.6. The largest absolute Gasteiger partial charge is 0.497 e. The maximum atomic E-state index is 12.3. The topological polar surface area (TPSA) is 45.1 Å². The minimum atomic E-state index is 0.000970. The highest BCUT2D eigenvalue weighted by molar-refractivity contribution is 8.14. The number of ether oxygens (including phenoxy) is 1. The second-order valence-electron chi connectivity index (χ2n) is 6.34. The van der Waals surface area contributed by atoms with Crippen molar-refractivity contribution in [3.05, 3.63) is 24.3 Å². The third kappa shape index (κ3) is 3.53. The summed E-state index contributed by atoms with van der Waals surface area (Å²) in [5, 5.41) is 1.06. The van der Waals surface area contributed by atoms with Gasteiger partial charge >= 0.3 is 0 Å². The predicted octanol–water partition coefficient (Wildman–Crippen LogP) is 3.35. The molecule has 0 bridgehead atoms. The number of carbonyl (C=O) groups excluding carboxylic acids is 1. The Bertz CT molecular complexity index is 611. The standard InChI is InChI=1S/C18H25N3O2S/c1-13(22)21(15-8-10-16(23-3)11-9-15)17-12-24-18(20(17)2)19-14-6-4-5-7-14/h8-11,14,17H,4-7,12H2,1-3H3. The number of anilines is 1. The molecule has 24 heavy (non-hydrogen) atoms. The van der Waals surface area contributed by atoms with Crippen LogP contribution < -0.4 is 9.64 Å². The summed E-state index contributed by atoms with van der Waals surface area (Å²) >= 11 is 1.75. The molecule has 1 saturated heterocycles. The highest BCUT2D eigenvalue weighted by Gasteiger charge is 2.35. The van der Waals surface area contributed by atoms with E-state index in [1.807, 2.05) is 36.2 Å². The second kappa shape index (κ2) is 7.47. The van der Waals surface area contributed by atoms with Gasteiger partial charge < -0.3 is 9.64 Å². The average Bonchev–Trinajstić information content (AvgIpc) is 3.21. The lowest BCUT2D eigenvalue weighted by molar-refractivity contribution is -0.117. The van der Waals surface area contributed by atoms with Crippen LogP contribution in [0.2, 0.25) is 0 Å². The molecule has 1 atom stereocenters. The molecule has 1 aromatic rings. The third-order valence-corrected chi connectivity index (χ3v) is 5.83. The smallest absolute Gasteiger partial charge is 0.225 e. The van der Waals surface area contributed by atoms with Gasteiger partial charge in [-0.2, -0.15) is 0 Å². The van der Waals surface area contributed by atoms with E-state index in [9.17, 15) is 4.79 Å². The number of benzene rings is 1. The average molecular weight is 347 g/mol. The molecule has 2 fully saturated rings. The van der Waals surface area contributed by atoms with E-state index in [0.29, 0.717) is 6.04 Å². The van der Waals surface area contributed by atoms with Crippen LogP contribution in [-0.2, 0) is 4.79 Å². The maximum Gasteiger partial charge on any atom is 0.225 e. The molecule has 1 amide bonds. The van der Waals surface area contributed by atoms with Gasteiger partial charge in [-0.15, -0.1) is 0 Å². The Labute approximate surface area is 148 Å². The predicted molar refractivity (Wildman–Crippen MR) is 99.9 cm³/mol. The summed E-state index contributed by atoms with van der Waals surface area (Å²) in [4.78, 5) is 21.2. The number of aliphatic imine (C=N–C) groups is 1. The zero-order chi connectivity index (χ0) is 17.1. The van der Waals surface area contributed by atoms with Crippen molar-refractivity contribution in [3.63, 3.8) is 0 Å². The fourth-order valence-corrected chi connectivity index (χ4v) is 4.58. The molecule has 6 heteroatoms. The molecule has 1 saturated carbocycles. The fraction of sp³-hybridized carbons (Fsp3) is 0.556. The van der Waals surface area contributed by atoms with Gasteiger partial charge in [-0.25, -0.2) is 0 Å². The molecule has 1 aliphatic heterocycles. The quantitative estimate of drug-likeness (QED) is 0.838. The van der Waals surface area contributed by atoms with Gasteiger partial charge in [-0.1, -0.05) is 24.6 Å². The van der Waals surface area contributed by atoms with Crippen molar-refractivity contribution in [2.75, 3.05) is 24.8 Å². The number of carbonyl (C=O) groups is 1. The van der Waals surface area contributed by atoms with Crippen molar-refractivity contribution in [2.24, 2.45) is 4.99 Å². The Morgan fingerprint density at radius 3 is 2.54 bits per heavy atom. The normalized spacial score (nSPS) is 23.0. The van der Waals surface area contributed by atoms with Crippen LogP contribution in [-0.4, -0.2) is 48.1 Å². The number of amidine groups is 1. The Morgan fingerprint density at radius 2 is 1.96 bits per heavy atom. The van der Waals surface area contributed by atoms with Crippen molar-refractivity contribution >= 4 is 28.5 Å². The van der Waals surface area contributed by atoms with Crippen LogP contribution in [0.1, 0.15) is 32.6 Å². The van der Waals surface area contributed by atoms with E-state index >= 15 is 0 Å². The molecule has 0 radical (unpaired) electrons. The van der Waals surface area contributed by atoms with Gasteiger partial charge in [0.05, 0.1) is 13.2 Å². The molecule has 1 heterocycles. The first-order valence-corrected chi connectivity index (χ1v) is 9.46. The first-order valence-electron chi connectivity index (χ1n) is 8.47. The Balaban J connectivity index is 1.79. The summed E-state index contributed by atoms with van der Waals surface area (Å²) in [5.74, 6) is 1.67. The number of thioether (sulfide) groups is 1. The van der Waals surface area contributed by atoms with Crippen LogP contribution in [0.5, 0.6) is 5.75 Å². The minimum Gasteiger partial charge on any atom is -0.497 e. The monoisotopic (exact) mass is 347 g/mol. The Hall–Kier alpha value is -1.69. The van der Waals surface area contributed by atoms with Gasteiger partial charge in [-0.05, 0) is 37.1 Å². The lowest BCUT2D eigenvalue weighted by Crippen LogP contribution is -2.48. The number of nitrogens with zero attached hydrogens (tertiary/aromatic N) is 3. The molecule has 3 rings (SSSR count). The molecule has 1 aliphatic carbocycles. The van der Waals surface area contributed by atoms with Gasteiger partial charge in [0.1, 0.15) is 11.9 Å². The van der Waals surface area contributed by atoms with Gasteiger partial charge in [0.25, 0.3) is 0 Å². The third-order valence-electron chi connectivity index (χ3n) is 4.72. The van der Waals surface area contributed by atoms with Gasteiger partial charge in [0, 0.05) is 25.4 Å². The molecule has 1 aromatic carbocycles. The summed E-state index contributed by atoms with van der Waals surface area (Å²) in [6.45, 7) is 1.62. The van der Waals surface area contributed by atoms with E-state index in [-0.39, 0.29) is 12.1 Å². The molecule has 1 unspecified atom stereocenters. The summed E-state index contributed by atoms with van der Waals surface area (Å²) < 4.78 is 5.21. The van der Waals surface area contributed by atoms with E-state index in [4.69, 9.17) is 9.73 Å². The zero-order valence-electron chi connectivity index (χ0n) is 14.6. The van der Waals surface area contributed by atoms with Crippen LogP contribution >= 0.6 is 11.8 Å². The second-order valence-corrected chi connectivity index (χ2v) is 7.33. The summed E-state index contributed by atoms with van der Waals surface area (Å²) in [6, 6.07) is 8.11. The van der Waals surface area contributed by atoms with Gasteiger partial charge in [0.2, 0.25) is 5.91 Å². The SMILES string of the molecule is COc1ccc(N(C(C)=O)C2CSC(=NC3CCCC3)N2C)cc1. The molecule has 2 aliphatic rings. The van der Waals surface area contributed by atoms with Gasteiger partial charge in [-0.3, -0.25) is 14.7 Å². The first kappa shape index (κ1) is 17.1. The van der Waals surface area contributed by atoms with E-state index in [2.05, 4.69) is 4.90 Å². The van der Waals surface area contributed by atoms with Crippen molar-refractivity contribution in [3.8, 4) is 5.75 Å².